The quantitative estimate of drug-likeness (QED) is 0.494. The summed E-state index contributed by atoms with van der Waals surface area (Å²) in [5, 5.41) is 8.59. The fraction of sp³-hybridized carbons (Fsp3) is 0.333. The summed E-state index contributed by atoms with van der Waals surface area (Å²) in [6, 6.07) is 4.94. The summed E-state index contributed by atoms with van der Waals surface area (Å²) in [6.45, 7) is 3.60. The standard InChI is InChI=1S/C15H19FN2O2/c1-10(13(9-17-3)8-15(19)18-20)7-12-5-4-6-14(16)11(12)2/h4-6,9,20H,7-8H2,1-3H3,(H,18,19)/b13-10+,17-9?. The SMILES string of the molecule is CN=C/C(CC(=O)NO)=C(\C)Cc1cccc(F)c1C. The summed E-state index contributed by atoms with van der Waals surface area (Å²) in [5.41, 5.74) is 4.69. The second-order valence-electron chi connectivity index (χ2n) is 4.61. The lowest BCUT2D eigenvalue weighted by molar-refractivity contribution is -0.128. The molecule has 0 aromatic heterocycles. The molecule has 1 aromatic rings. The maximum Gasteiger partial charge on any atom is 0.247 e. The molecule has 20 heavy (non-hydrogen) atoms. The molecule has 0 spiro atoms. The van der Waals surface area contributed by atoms with E-state index in [2.05, 4.69) is 4.99 Å². The van der Waals surface area contributed by atoms with Gasteiger partial charge in [0.05, 0.1) is 6.42 Å². The van der Waals surface area contributed by atoms with Crippen LogP contribution in [0.25, 0.3) is 0 Å². The van der Waals surface area contributed by atoms with Crippen molar-refractivity contribution in [1.29, 1.82) is 0 Å². The molecule has 1 aromatic carbocycles. The molecule has 0 radical (unpaired) electrons. The topological polar surface area (TPSA) is 61.7 Å². The molecule has 1 amide bonds. The number of rotatable bonds is 5. The fourth-order valence-electron chi connectivity index (χ4n) is 1.92. The lowest BCUT2D eigenvalue weighted by Crippen LogP contribution is -2.19. The van der Waals surface area contributed by atoms with Gasteiger partial charge < -0.3 is 0 Å². The Hall–Kier alpha value is -2.01. The Morgan fingerprint density at radius 2 is 2.20 bits per heavy atom. The zero-order chi connectivity index (χ0) is 15.1. The fourth-order valence-corrected chi connectivity index (χ4v) is 1.92. The molecular weight excluding hydrogens is 259 g/mol. The van der Waals surface area contributed by atoms with Gasteiger partial charge in [0.2, 0.25) is 5.91 Å². The summed E-state index contributed by atoms with van der Waals surface area (Å²) in [7, 11) is 1.61. The van der Waals surface area contributed by atoms with Crippen LogP contribution in [0.3, 0.4) is 0 Å². The van der Waals surface area contributed by atoms with Crippen molar-refractivity contribution in [3.63, 3.8) is 0 Å². The first-order valence-electron chi connectivity index (χ1n) is 6.27. The van der Waals surface area contributed by atoms with E-state index < -0.39 is 5.91 Å². The van der Waals surface area contributed by atoms with Gasteiger partial charge in [-0.05, 0) is 43.0 Å². The van der Waals surface area contributed by atoms with Crippen molar-refractivity contribution < 1.29 is 14.4 Å². The molecule has 4 nitrogen and oxygen atoms in total. The number of carbonyl (C=O) groups excluding carboxylic acids is 1. The van der Waals surface area contributed by atoms with Gasteiger partial charge in [-0.15, -0.1) is 0 Å². The van der Waals surface area contributed by atoms with Crippen molar-refractivity contribution in [2.75, 3.05) is 7.05 Å². The number of aliphatic imine (C=N–C) groups is 1. The Labute approximate surface area is 118 Å². The Kier molecular flexibility index (Phi) is 6.06. The summed E-state index contributed by atoms with van der Waals surface area (Å²) in [4.78, 5) is 15.2. The van der Waals surface area contributed by atoms with Gasteiger partial charge in [0.1, 0.15) is 5.82 Å². The van der Waals surface area contributed by atoms with Gasteiger partial charge in [-0.3, -0.25) is 15.0 Å². The summed E-state index contributed by atoms with van der Waals surface area (Å²) in [5.74, 6) is -0.746. The summed E-state index contributed by atoms with van der Waals surface area (Å²) in [6.07, 6.45) is 2.15. The molecular formula is C15H19FN2O2. The third-order valence-corrected chi connectivity index (χ3v) is 3.14. The highest BCUT2D eigenvalue weighted by atomic mass is 19.1. The van der Waals surface area contributed by atoms with Crippen molar-refractivity contribution in [3.8, 4) is 0 Å². The predicted octanol–water partition coefficient (Wildman–Crippen LogP) is 2.59. The third kappa shape index (κ3) is 4.28. The van der Waals surface area contributed by atoms with Crippen LogP contribution in [-0.4, -0.2) is 24.4 Å². The zero-order valence-electron chi connectivity index (χ0n) is 11.9. The van der Waals surface area contributed by atoms with Gasteiger partial charge in [-0.25, -0.2) is 9.87 Å². The second kappa shape index (κ2) is 7.55. The highest BCUT2D eigenvalue weighted by molar-refractivity contribution is 5.89. The average Bonchev–Trinajstić information content (AvgIpc) is 2.43. The average molecular weight is 278 g/mol. The number of nitrogens with one attached hydrogen (secondary N) is 1. The molecule has 108 valence electrons. The van der Waals surface area contributed by atoms with Crippen LogP contribution in [-0.2, 0) is 11.2 Å². The van der Waals surface area contributed by atoms with Crippen molar-refractivity contribution >= 4 is 12.1 Å². The van der Waals surface area contributed by atoms with Crippen LogP contribution >= 0.6 is 0 Å². The van der Waals surface area contributed by atoms with Crippen molar-refractivity contribution in [2.24, 2.45) is 4.99 Å². The van der Waals surface area contributed by atoms with Crippen molar-refractivity contribution in [2.45, 2.75) is 26.7 Å². The van der Waals surface area contributed by atoms with Crippen LogP contribution in [0.1, 0.15) is 24.5 Å². The molecule has 0 saturated heterocycles. The molecule has 0 unspecified atom stereocenters. The van der Waals surface area contributed by atoms with Crippen LogP contribution in [0.4, 0.5) is 4.39 Å². The van der Waals surface area contributed by atoms with Crippen LogP contribution in [0.2, 0.25) is 0 Å². The lowest BCUT2D eigenvalue weighted by atomic mass is 9.96. The van der Waals surface area contributed by atoms with E-state index in [9.17, 15) is 9.18 Å². The van der Waals surface area contributed by atoms with Gasteiger partial charge >= 0.3 is 0 Å². The molecule has 5 heteroatoms. The first kappa shape index (κ1) is 16.0. The maximum absolute atomic E-state index is 13.5. The molecule has 2 N–H and O–H groups in total. The van der Waals surface area contributed by atoms with E-state index in [1.165, 1.54) is 6.07 Å². The highest BCUT2D eigenvalue weighted by Gasteiger charge is 2.09. The third-order valence-electron chi connectivity index (χ3n) is 3.14. The predicted molar refractivity (Wildman–Crippen MR) is 76.5 cm³/mol. The van der Waals surface area contributed by atoms with Crippen LogP contribution in [0, 0.1) is 12.7 Å². The van der Waals surface area contributed by atoms with Gasteiger partial charge in [0, 0.05) is 13.3 Å². The molecule has 0 fully saturated rings. The first-order valence-corrected chi connectivity index (χ1v) is 6.27. The van der Waals surface area contributed by atoms with Crippen LogP contribution in [0.5, 0.6) is 0 Å². The number of nitrogens with zero attached hydrogens (tertiary/aromatic N) is 1. The molecule has 0 aliphatic heterocycles. The van der Waals surface area contributed by atoms with E-state index in [4.69, 9.17) is 5.21 Å². The minimum Gasteiger partial charge on any atom is -0.296 e. The Morgan fingerprint density at radius 3 is 2.80 bits per heavy atom. The molecule has 0 aliphatic carbocycles. The van der Waals surface area contributed by atoms with E-state index in [1.807, 2.05) is 13.0 Å². The smallest absolute Gasteiger partial charge is 0.247 e. The van der Waals surface area contributed by atoms with Gasteiger partial charge in [-0.2, -0.15) is 0 Å². The van der Waals surface area contributed by atoms with Crippen LogP contribution < -0.4 is 5.48 Å². The monoisotopic (exact) mass is 278 g/mol. The van der Waals surface area contributed by atoms with Crippen LogP contribution in [0.15, 0.2) is 34.3 Å². The number of halogens is 1. The zero-order valence-corrected chi connectivity index (χ0v) is 11.9. The van der Waals surface area contributed by atoms with Gasteiger partial charge in [0.15, 0.2) is 0 Å². The maximum atomic E-state index is 13.5. The van der Waals surface area contributed by atoms with Crippen molar-refractivity contribution in [1.82, 2.24) is 5.48 Å². The molecule has 1 rings (SSSR count). The number of hydroxylamine groups is 1. The number of benzene rings is 1. The Bertz CT molecular complexity index is 551. The van der Waals surface area contributed by atoms with E-state index in [0.29, 0.717) is 17.6 Å². The largest absolute Gasteiger partial charge is 0.296 e. The van der Waals surface area contributed by atoms with Crippen molar-refractivity contribution in [3.05, 3.63) is 46.3 Å². The molecule has 0 saturated carbocycles. The molecule has 0 aliphatic rings. The number of carbonyl (C=O) groups is 1. The van der Waals surface area contributed by atoms with E-state index >= 15 is 0 Å². The number of hydrogen-bond acceptors (Lipinski definition) is 3. The number of hydrogen-bond donors (Lipinski definition) is 2. The first-order chi connectivity index (χ1) is 9.49. The van der Waals surface area contributed by atoms with Gasteiger partial charge in [0.25, 0.3) is 0 Å². The Morgan fingerprint density at radius 1 is 1.50 bits per heavy atom. The van der Waals surface area contributed by atoms with E-state index in [-0.39, 0.29) is 12.2 Å². The number of allylic oxidation sites excluding steroid dienone is 1. The highest BCUT2D eigenvalue weighted by Crippen LogP contribution is 2.18. The second-order valence-corrected chi connectivity index (χ2v) is 4.61. The lowest BCUT2D eigenvalue weighted by Gasteiger charge is -2.10. The molecule has 0 bridgehead atoms. The summed E-state index contributed by atoms with van der Waals surface area (Å²) < 4.78 is 13.5. The minimum absolute atomic E-state index is 0.0358. The van der Waals surface area contributed by atoms with E-state index in [1.54, 1.807) is 31.7 Å². The molecule has 0 atom stereocenters. The molecule has 0 heterocycles. The Balaban J connectivity index is 3.04. The summed E-state index contributed by atoms with van der Waals surface area (Å²) >= 11 is 0. The minimum atomic E-state index is -0.504. The van der Waals surface area contributed by atoms with E-state index in [0.717, 1.165) is 11.1 Å². The van der Waals surface area contributed by atoms with Gasteiger partial charge in [-0.1, -0.05) is 17.7 Å². The normalized spacial score (nSPS) is 12.4. The number of amides is 1.